The average Bonchev–Trinajstić information content (AvgIpc) is 2.99. The van der Waals surface area contributed by atoms with Crippen molar-refractivity contribution in [3.05, 3.63) is 71.8 Å². The molecular formula is C22H25ClN2O3. The predicted octanol–water partition coefficient (Wildman–Crippen LogP) is 4.22. The molecule has 1 fully saturated rings. The molecule has 0 radical (unpaired) electrons. The number of carbonyl (C=O) groups is 2. The van der Waals surface area contributed by atoms with Gasteiger partial charge in [0.2, 0.25) is 0 Å². The molecule has 2 aromatic carbocycles. The molecule has 0 N–H and O–H groups in total. The van der Waals surface area contributed by atoms with Crippen molar-refractivity contribution >= 4 is 23.6 Å². The van der Waals surface area contributed by atoms with Gasteiger partial charge in [0.15, 0.2) is 0 Å². The number of nitrogens with zero attached hydrogens (tertiary/aromatic N) is 2. The van der Waals surface area contributed by atoms with E-state index in [-0.39, 0.29) is 42.4 Å². The largest absolute Gasteiger partial charge is 0.469 e. The highest BCUT2D eigenvalue weighted by atomic mass is 35.5. The first-order valence-electron chi connectivity index (χ1n) is 9.37. The molecule has 0 aliphatic carbocycles. The Kier molecular flexibility index (Phi) is 6.57. The van der Waals surface area contributed by atoms with Crippen LogP contribution in [0.1, 0.15) is 30.5 Å². The lowest BCUT2D eigenvalue weighted by Crippen LogP contribution is -2.41. The highest BCUT2D eigenvalue weighted by Gasteiger charge is 2.48. The maximum atomic E-state index is 13.4. The van der Waals surface area contributed by atoms with E-state index in [0.717, 1.165) is 11.1 Å². The number of rotatable bonds is 7. The summed E-state index contributed by atoms with van der Waals surface area (Å²) in [6.07, 6.45) is 0.116. The number of amides is 2. The minimum Gasteiger partial charge on any atom is -0.469 e. The number of carbonyl (C=O) groups excluding carboxylic acids is 2. The van der Waals surface area contributed by atoms with Crippen molar-refractivity contribution in [3.8, 4) is 0 Å². The minimum atomic E-state index is -0.347. The van der Waals surface area contributed by atoms with Gasteiger partial charge in [-0.1, -0.05) is 60.7 Å². The van der Waals surface area contributed by atoms with Gasteiger partial charge in [0.25, 0.3) is 0 Å². The van der Waals surface area contributed by atoms with E-state index in [9.17, 15) is 9.59 Å². The molecule has 1 aliphatic rings. The first-order valence-corrected chi connectivity index (χ1v) is 9.90. The lowest BCUT2D eigenvalue weighted by molar-refractivity contribution is -0.141. The second-order valence-electron chi connectivity index (χ2n) is 6.96. The predicted molar refractivity (Wildman–Crippen MR) is 109 cm³/mol. The molecule has 28 heavy (non-hydrogen) atoms. The van der Waals surface area contributed by atoms with Gasteiger partial charge >= 0.3 is 12.0 Å². The topological polar surface area (TPSA) is 49.9 Å². The molecule has 6 heteroatoms. The van der Waals surface area contributed by atoms with Crippen LogP contribution in [0.25, 0.3) is 0 Å². The maximum absolute atomic E-state index is 13.4. The third-order valence-electron chi connectivity index (χ3n) is 5.32. The second-order valence-corrected chi connectivity index (χ2v) is 7.27. The highest BCUT2D eigenvalue weighted by molar-refractivity contribution is 6.18. The number of hydrogen-bond donors (Lipinski definition) is 0. The zero-order valence-electron chi connectivity index (χ0n) is 16.1. The summed E-state index contributed by atoms with van der Waals surface area (Å²) in [4.78, 5) is 29.0. The van der Waals surface area contributed by atoms with E-state index in [1.165, 1.54) is 7.11 Å². The van der Waals surface area contributed by atoms with Gasteiger partial charge in [-0.2, -0.15) is 0 Å². The molecule has 2 aromatic rings. The number of methoxy groups -OCH3 is 1. The summed E-state index contributed by atoms with van der Waals surface area (Å²) in [6, 6.07) is 18.7. The van der Waals surface area contributed by atoms with Crippen LogP contribution in [-0.2, 0) is 16.1 Å². The Morgan fingerprint density at radius 3 is 2.25 bits per heavy atom. The Bertz CT molecular complexity index is 800. The number of halogens is 1. The van der Waals surface area contributed by atoms with Crippen molar-refractivity contribution in [2.24, 2.45) is 0 Å². The molecule has 5 nitrogen and oxygen atoms in total. The number of esters is 1. The van der Waals surface area contributed by atoms with E-state index in [0.29, 0.717) is 6.54 Å². The van der Waals surface area contributed by atoms with Gasteiger partial charge in [-0.15, -0.1) is 11.6 Å². The third kappa shape index (κ3) is 4.14. The molecular weight excluding hydrogens is 376 g/mol. The van der Waals surface area contributed by atoms with Crippen LogP contribution >= 0.6 is 11.6 Å². The molecule has 0 unspecified atom stereocenters. The maximum Gasteiger partial charge on any atom is 0.321 e. The summed E-state index contributed by atoms with van der Waals surface area (Å²) in [6.45, 7) is 2.42. The molecule has 2 amide bonds. The average molecular weight is 401 g/mol. The van der Waals surface area contributed by atoms with Crippen LogP contribution in [-0.4, -0.2) is 46.9 Å². The molecule has 0 saturated carbocycles. The number of benzene rings is 2. The van der Waals surface area contributed by atoms with Crippen molar-refractivity contribution < 1.29 is 14.3 Å². The fourth-order valence-corrected chi connectivity index (χ4v) is 4.17. The molecule has 0 bridgehead atoms. The Morgan fingerprint density at radius 2 is 1.68 bits per heavy atom. The SMILES string of the molecule is COC(=O)C[C@@H]1[C@H](CCl)N([C@H](C)c2ccccc2)C(=O)N1Cc1ccccc1. The first kappa shape index (κ1) is 20.2. The quantitative estimate of drug-likeness (QED) is 0.516. The van der Waals surface area contributed by atoms with E-state index >= 15 is 0 Å². The molecule has 1 aliphatic heterocycles. The summed E-state index contributed by atoms with van der Waals surface area (Å²) < 4.78 is 4.88. The first-order chi connectivity index (χ1) is 13.6. The second kappa shape index (κ2) is 9.11. The summed E-state index contributed by atoms with van der Waals surface area (Å²) in [5.74, 6) is -0.101. The molecule has 3 rings (SSSR count). The van der Waals surface area contributed by atoms with E-state index < -0.39 is 0 Å². The van der Waals surface area contributed by atoms with Crippen LogP contribution in [0.15, 0.2) is 60.7 Å². The summed E-state index contributed by atoms with van der Waals surface area (Å²) in [5.41, 5.74) is 2.04. The van der Waals surface area contributed by atoms with Crippen LogP contribution in [0.2, 0.25) is 0 Å². The number of hydrogen-bond acceptors (Lipinski definition) is 3. The zero-order chi connectivity index (χ0) is 20.1. The van der Waals surface area contributed by atoms with Gasteiger partial charge in [-0.05, 0) is 18.1 Å². The van der Waals surface area contributed by atoms with Gasteiger partial charge in [-0.3, -0.25) is 4.79 Å². The van der Waals surface area contributed by atoms with Crippen molar-refractivity contribution in [3.63, 3.8) is 0 Å². The van der Waals surface area contributed by atoms with Crippen molar-refractivity contribution in [2.45, 2.75) is 38.0 Å². The molecule has 0 aromatic heterocycles. The monoisotopic (exact) mass is 400 g/mol. The molecule has 3 atom stereocenters. The lowest BCUT2D eigenvalue weighted by Gasteiger charge is -2.30. The minimum absolute atomic E-state index is 0.111. The van der Waals surface area contributed by atoms with E-state index in [1.807, 2.05) is 67.6 Å². The third-order valence-corrected chi connectivity index (χ3v) is 5.64. The summed E-state index contributed by atoms with van der Waals surface area (Å²) in [5, 5.41) is 0. The summed E-state index contributed by atoms with van der Waals surface area (Å²) in [7, 11) is 1.36. The van der Waals surface area contributed by atoms with Crippen LogP contribution in [0.4, 0.5) is 4.79 Å². The molecule has 148 valence electrons. The van der Waals surface area contributed by atoms with Crippen LogP contribution in [0.3, 0.4) is 0 Å². The zero-order valence-corrected chi connectivity index (χ0v) is 16.9. The van der Waals surface area contributed by atoms with E-state index in [4.69, 9.17) is 16.3 Å². The van der Waals surface area contributed by atoms with Crippen LogP contribution in [0, 0.1) is 0 Å². The van der Waals surface area contributed by atoms with Crippen molar-refractivity contribution in [1.29, 1.82) is 0 Å². The molecule has 1 saturated heterocycles. The van der Waals surface area contributed by atoms with Crippen LogP contribution in [0.5, 0.6) is 0 Å². The Morgan fingerprint density at radius 1 is 1.07 bits per heavy atom. The van der Waals surface area contributed by atoms with Crippen LogP contribution < -0.4 is 0 Å². The fraction of sp³-hybridized carbons (Fsp3) is 0.364. The van der Waals surface area contributed by atoms with Gasteiger partial charge in [-0.25, -0.2) is 4.79 Å². The van der Waals surface area contributed by atoms with Crippen molar-refractivity contribution in [2.75, 3.05) is 13.0 Å². The van der Waals surface area contributed by atoms with Gasteiger partial charge in [0, 0.05) is 12.4 Å². The Hall–Kier alpha value is -2.53. The Labute approximate surface area is 170 Å². The normalized spacial score (nSPS) is 20.3. The number of alkyl halides is 1. The molecule has 1 heterocycles. The Balaban J connectivity index is 1.94. The number of urea groups is 1. The van der Waals surface area contributed by atoms with Crippen molar-refractivity contribution in [1.82, 2.24) is 9.80 Å². The smallest absolute Gasteiger partial charge is 0.321 e. The standard InChI is InChI=1S/C22H25ClN2O3/c1-16(18-11-7-4-8-12-18)25-20(14-23)19(13-21(26)28-2)24(22(25)27)15-17-9-5-3-6-10-17/h3-12,16,19-20H,13-15H2,1-2H3/t16-,19-,20+/m1/s1. The molecule has 0 spiro atoms. The number of ether oxygens (including phenoxy) is 1. The van der Waals surface area contributed by atoms with E-state index in [1.54, 1.807) is 9.80 Å². The fourth-order valence-electron chi connectivity index (χ4n) is 3.81. The van der Waals surface area contributed by atoms with Gasteiger partial charge in [0.05, 0.1) is 31.7 Å². The van der Waals surface area contributed by atoms with E-state index in [2.05, 4.69) is 0 Å². The van der Waals surface area contributed by atoms with Gasteiger partial charge in [0.1, 0.15) is 0 Å². The van der Waals surface area contributed by atoms with Gasteiger partial charge < -0.3 is 14.5 Å². The summed E-state index contributed by atoms with van der Waals surface area (Å²) >= 11 is 6.32. The lowest BCUT2D eigenvalue weighted by atomic mass is 10.0. The highest BCUT2D eigenvalue weighted by Crippen LogP contribution is 2.35.